The van der Waals surface area contributed by atoms with Crippen LogP contribution in [0.1, 0.15) is 36.8 Å². The molecule has 0 unspecified atom stereocenters. The molecule has 1 heterocycles. The van der Waals surface area contributed by atoms with Crippen molar-refractivity contribution >= 4 is 5.78 Å². The molecule has 20 heavy (non-hydrogen) atoms. The SMILES string of the molecule is CN1CC[C@@]23CC(=O)CC[C@@H]2[C@H]1Cc1ccc(O)cc13. The smallest absolute Gasteiger partial charge is 0.133 e. The lowest BCUT2D eigenvalue weighted by Gasteiger charge is -2.58. The zero-order chi connectivity index (χ0) is 13.9. The number of hydrogen-bond acceptors (Lipinski definition) is 3. The molecule has 1 aliphatic heterocycles. The van der Waals surface area contributed by atoms with E-state index in [0.29, 0.717) is 29.9 Å². The van der Waals surface area contributed by atoms with Gasteiger partial charge in [0.1, 0.15) is 11.5 Å². The van der Waals surface area contributed by atoms with E-state index in [-0.39, 0.29) is 5.41 Å². The predicted octanol–water partition coefficient (Wildman–Crippen LogP) is 2.26. The van der Waals surface area contributed by atoms with E-state index < -0.39 is 0 Å². The van der Waals surface area contributed by atoms with Crippen LogP contribution in [0, 0.1) is 5.92 Å². The van der Waals surface area contributed by atoms with Crippen LogP contribution in [0.2, 0.25) is 0 Å². The molecule has 0 radical (unpaired) electrons. The van der Waals surface area contributed by atoms with Gasteiger partial charge < -0.3 is 10.0 Å². The van der Waals surface area contributed by atoms with Gasteiger partial charge in [0, 0.05) is 24.3 Å². The van der Waals surface area contributed by atoms with E-state index in [1.807, 2.05) is 6.07 Å². The first-order chi connectivity index (χ1) is 9.60. The first-order valence-corrected chi connectivity index (χ1v) is 7.64. The number of likely N-dealkylation sites (tertiary alicyclic amines) is 1. The van der Waals surface area contributed by atoms with Gasteiger partial charge >= 0.3 is 0 Å². The zero-order valence-electron chi connectivity index (χ0n) is 11.9. The minimum absolute atomic E-state index is 0.00116. The van der Waals surface area contributed by atoms with Gasteiger partial charge in [-0.05, 0) is 62.0 Å². The minimum Gasteiger partial charge on any atom is -0.508 e. The van der Waals surface area contributed by atoms with Crippen molar-refractivity contribution in [3.8, 4) is 5.75 Å². The molecule has 1 aromatic carbocycles. The summed E-state index contributed by atoms with van der Waals surface area (Å²) in [5.74, 6) is 1.32. The van der Waals surface area contributed by atoms with E-state index in [4.69, 9.17) is 0 Å². The van der Waals surface area contributed by atoms with Crippen molar-refractivity contribution in [1.29, 1.82) is 0 Å². The number of piperidine rings is 1. The third kappa shape index (κ3) is 1.53. The number of ketones is 1. The van der Waals surface area contributed by atoms with Crippen molar-refractivity contribution in [3.63, 3.8) is 0 Å². The van der Waals surface area contributed by atoms with Crippen LogP contribution >= 0.6 is 0 Å². The number of phenolic OH excluding ortho intramolecular Hbond substituents is 1. The number of phenols is 1. The van der Waals surface area contributed by atoms with Crippen molar-refractivity contribution in [2.75, 3.05) is 13.6 Å². The Hall–Kier alpha value is -1.35. The molecule has 0 aromatic heterocycles. The van der Waals surface area contributed by atoms with Gasteiger partial charge in [0.15, 0.2) is 0 Å². The average molecular weight is 271 g/mol. The van der Waals surface area contributed by atoms with E-state index in [1.165, 1.54) is 11.1 Å². The van der Waals surface area contributed by atoms with Crippen LogP contribution in [0.25, 0.3) is 0 Å². The number of carbonyl (C=O) groups is 1. The Balaban J connectivity index is 1.92. The summed E-state index contributed by atoms with van der Waals surface area (Å²) >= 11 is 0. The fraction of sp³-hybridized carbons (Fsp3) is 0.588. The molecular weight excluding hydrogens is 250 g/mol. The van der Waals surface area contributed by atoms with Gasteiger partial charge in [-0.1, -0.05) is 6.07 Å². The number of carbonyl (C=O) groups excluding carboxylic acids is 1. The van der Waals surface area contributed by atoms with Crippen LogP contribution in [0.4, 0.5) is 0 Å². The third-order valence-electron chi connectivity index (χ3n) is 5.96. The van der Waals surface area contributed by atoms with Gasteiger partial charge in [-0.2, -0.15) is 0 Å². The highest BCUT2D eigenvalue weighted by molar-refractivity contribution is 5.81. The summed E-state index contributed by atoms with van der Waals surface area (Å²) in [7, 11) is 2.22. The molecule has 2 fully saturated rings. The van der Waals surface area contributed by atoms with Crippen LogP contribution < -0.4 is 0 Å². The Labute approximate surface area is 119 Å². The molecule has 0 spiro atoms. The Morgan fingerprint density at radius 2 is 2.25 bits per heavy atom. The van der Waals surface area contributed by atoms with E-state index in [9.17, 15) is 9.90 Å². The second-order valence-corrected chi connectivity index (χ2v) is 6.86. The average Bonchev–Trinajstić information content (AvgIpc) is 2.43. The quantitative estimate of drug-likeness (QED) is 0.787. The van der Waals surface area contributed by atoms with Gasteiger partial charge in [-0.25, -0.2) is 0 Å². The lowest BCUT2D eigenvalue weighted by Crippen LogP contribution is -2.60. The maximum Gasteiger partial charge on any atom is 0.133 e. The monoisotopic (exact) mass is 271 g/mol. The molecule has 3 heteroatoms. The maximum atomic E-state index is 12.1. The summed E-state index contributed by atoms with van der Waals surface area (Å²) in [5.41, 5.74) is 2.60. The van der Waals surface area contributed by atoms with Crippen LogP contribution in [0.15, 0.2) is 18.2 Å². The fourth-order valence-electron chi connectivity index (χ4n) is 5.01. The van der Waals surface area contributed by atoms with Gasteiger partial charge in [0.2, 0.25) is 0 Å². The van der Waals surface area contributed by atoms with Crippen molar-refractivity contribution in [2.24, 2.45) is 5.92 Å². The first-order valence-electron chi connectivity index (χ1n) is 7.64. The van der Waals surface area contributed by atoms with E-state index in [1.54, 1.807) is 6.07 Å². The molecule has 1 saturated carbocycles. The summed E-state index contributed by atoms with van der Waals surface area (Å²) in [5, 5.41) is 9.89. The summed E-state index contributed by atoms with van der Waals surface area (Å²) in [6.07, 6.45) is 4.55. The van der Waals surface area contributed by atoms with E-state index in [0.717, 1.165) is 32.2 Å². The van der Waals surface area contributed by atoms with E-state index in [2.05, 4.69) is 18.0 Å². The molecule has 1 N–H and O–H groups in total. The topological polar surface area (TPSA) is 40.5 Å². The van der Waals surface area contributed by atoms with Crippen molar-refractivity contribution in [2.45, 2.75) is 43.6 Å². The van der Waals surface area contributed by atoms with E-state index >= 15 is 0 Å². The number of hydrogen-bond donors (Lipinski definition) is 1. The third-order valence-corrected chi connectivity index (χ3v) is 5.96. The summed E-state index contributed by atoms with van der Waals surface area (Å²) < 4.78 is 0. The molecule has 3 aliphatic rings. The van der Waals surface area contributed by atoms with Crippen molar-refractivity contribution < 1.29 is 9.90 Å². The second kappa shape index (κ2) is 4.08. The number of Topliss-reactive ketones (excluding diaryl/α,β-unsaturated/α-hetero) is 1. The van der Waals surface area contributed by atoms with Gasteiger partial charge in [-0.15, -0.1) is 0 Å². The molecule has 1 saturated heterocycles. The molecule has 0 amide bonds. The lowest BCUT2D eigenvalue weighted by molar-refractivity contribution is -0.126. The predicted molar refractivity (Wildman–Crippen MR) is 76.9 cm³/mol. The van der Waals surface area contributed by atoms with Gasteiger partial charge in [-0.3, -0.25) is 4.79 Å². The number of likely N-dealkylation sites (N-methyl/N-ethyl adjacent to an activating group) is 1. The van der Waals surface area contributed by atoms with Crippen LogP contribution in [-0.2, 0) is 16.6 Å². The maximum absolute atomic E-state index is 12.1. The Morgan fingerprint density at radius 3 is 3.10 bits per heavy atom. The Kier molecular flexibility index (Phi) is 2.53. The normalized spacial score (nSPS) is 36.4. The number of aromatic hydroxyl groups is 1. The molecule has 106 valence electrons. The van der Waals surface area contributed by atoms with Gasteiger partial charge in [0.25, 0.3) is 0 Å². The molecular formula is C17H21NO2. The molecule has 2 aliphatic carbocycles. The lowest BCUT2D eigenvalue weighted by atomic mass is 9.52. The zero-order valence-corrected chi connectivity index (χ0v) is 11.9. The van der Waals surface area contributed by atoms with Crippen molar-refractivity contribution in [1.82, 2.24) is 4.90 Å². The Morgan fingerprint density at radius 1 is 1.40 bits per heavy atom. The minimum atomic E-state index is -0.00116. The molecule has 2 bridgehead atoms. The summed E-state index contributed by atoms with van der Waals surface area (Å²) in [6.45, 7) is 1.06. The van der Waals surface area contributed by atoms with Crippen molar-refractivity contribution in [3.05, 3.63) is 29.3 Å². The standard InChI is InChI=1S/C17H21NO2/c1-18-7-6-17-10-13(20)4-5-14(17)16(18)8-11-2-3-12(19)9-15(11)17/h2-3,9,14,16,19H,4-8,10H2,1H3/t14-,16-,17-/m1/s1. The molecule has 4 rings (SSSR count). The highest BCUT2D eigenvalue weighted by Crippen LogP contribution is 2.55. The molecule has 3 nitrogen and oxygen atoms in total. The molecule has 1 aromatic rings. The number of nitrogens with zero attached hydrogens (tertiary/aromatic N) is 1. The van der Waals surface area contributed by atoms with Crippen LogP contribution in [-0.4, -0.2) is 35.4 Å². The summed E-state index contributed by atoms with van der Waals surface area (Å²) in [4.78, 5) is 14.6. The Bertz CT molecular complexity index is 582. The number of benzene rings is 1. The largest absolute Gasteiger partial charge is 0.508 e. The summed E-state index contributed by atoms with van der Waals surface area (Å²) in [6, 6.07) is 6.35. The highest BCUT2D eigenvalue weighted by atomic mass is 16.3. The van der Waals surface area contributed by atoms with Gasteiger partial charge in [0.05, 0.1) is 0 Å². The fourth-order valence-corrected chi connectivity index (χ4v) is 5.01. The second-order valence-electron chi connectivity index (χ2n) is 6.86. The number of rotatable bonds is 0. The molecule has 3 atom stereocenters. The first kappa shape index (κ1) is 12.4. The van der Waals surface area contributed by atoms with Crippen LogP contribution in [0.5, 0.6) is 5.75 Å². The van der Waals surface area contributed by atoms with Crippen LogP contribution in [0.3, 0.4) is 0 Å². The highest BCUT2D eigenvalue weighted by Gasteiger charge is 2.54. The number of fused-ring (bicyclic) bond motifs is 1.